The Bertz CT molecular complexity index is 1810. The molecule has 4 heterocycles. The first-order chi connectivity index (χ1) is 25.4. The van der Waals surface area contributed by atoms with E-state index in [2.05, 4.69) is 35.9 Å². The van der Waals surface area contributed by atoms with Crippen molar-refractivity contribution in [3.8, 4) is 11.5 Å². The van der Waals surface area contributed by atoms with Gasteiger partial charge in [0.15, 0.2) is 34.8 Å². The van der Waals surface area contributed by atoms with Gasteiger partial charge in [0.2, 0.25) is 0 Å². The molecule has 0 spiro atoms. The highest BCUT2D eigenvalue weighted by Gasteiger charge is 2.27. The SMILES string of the molecule is CC(C)(C)OC(=O)N1CCC(Nc2ccnc(COc3ccc(Cl)cc3F)n2)CC1.Fc1cc(Cl)ccc1OCc1nccc(NC2CCNCC2)n1. The maximum atomic E-state index is 13.8. The largest absolute Gasteiger partial charge is 0.483 e. The van der Waals surface area contributed by atoms with Gasteiger partial charge in [0.05, 0.1) is 0 Å². The first kappa shape index (κ1) is 39.7. The fourth-order valence-electron chi connectivity index (χ4n) is 5.48. The molecule has 2 aromatic heterocycles. The number of carbonyl (C=O) groups excluding carboxylic acids is 1. The molecule has 284 valence electrons. The lowest BCUT2D eigenvalue weighted by molar-refractivity contribution is 0.0210. The molecule has 2 fully saturated rings. The highest BCUT2D eigenvalue weighted by atomic mass is 35.5. The lowest BCUT2D eigenvalue weighted by Crippen LogP contribution is -2.44. The predicted octanol–water partition coefficient (Wildman–Crippen LogP) is 7.67. The number of anilines is 2. The van der Waals surface area contributed by atoms with Crippen LogP contribution in [0.3, 0.4) is 0 Å². The number of halogens is 4. The number of rotatable bonds is 10. The van der Waals surface area contributed by atoms with Crippen LogP contribution in [0.4, 0.5) is 25.2 Å². The maximum Gasteiger partial charge on any atom is 0.410 e. The summed E-state index contributed by atoms with van der Waals surface area (Å²) in [4.78, 5) is 31.1. The second-order valence-corrected chi connectivity index (χ2v) is 14.4. The summed E-state index contributed by atoms with van der Waals surface area (Å²) in [7, 11) is 0. The minimum atomic E-state index is -0.534. The van der Waals surface area contributed by atoms with E-state index in [0.717, 1.165) is 44.6 Å². The van der Waals surface area contributed by atoms with Gasteiger partial charge in [-0.2, -0.15) is 0 Å². The van der Waals surface area contributed by atoms with E-state index in [1.54, 1.807) is 35.5 Å². The number of ether oxygens (including phenoxy) is 3. The Hall–Kier alpha value is -4.53. The number of carbonyl (C=O) groups is 1. The van der Waals surface area contributed by atoms with Crippen molar-refractivity contribution in [3.63, 3.8) is 0 Å². The van der Waals surface area contributed by atoms with Crippen LogP contribution in [0.1, 0.15) is 58.1 Å². The molecule has 53 heavy (non-hydrogen) atoms. The monoisotopic (exact) mass is 772 g/mol. The molecule has 12 nitrogen and oxygen atoms in total. The number of likely N-dealkylation sites (tertiary alicyclic amines) is 1. The third kappa shape index (κ3) is 13.1. The van der Waals surface area contributed by atoms with Crippen LogP contribution in [0.25, 0.3) is 0 Å². The molecule has 0 radical (unpaired) electrons. The molecule has 2 saturated heterocycles. The summed E-state index contributed by atoms with van der Waals surface area (Å²) < 4.78 is 43.8. The van der Waals surface area contributed by atoms with Gasteiger partial charge in [-0.05, 0) is 108 Å². The molecule has 1 amide bonds. The van der Waals surface area contributed by atoms with E-state index in [4.69, 9.17) is 37.4 Å². The standard InChI is InChI=1S/C21H26ClFN4O3.C16H18ClFN4O/c1-21(2,3)30-20(28)27-10-7-15(8-11-27)25-18-6-9-24-19(26-18)13-29-17-5-4-14(22)12-16(17)23;17-11-1-2-14(13(18)9-11)23-10-16-20-8-5-15(22-16)21-12-3-6-19-7-4-12/h4-6,9,12,15H,7-8,10-11,13H2,1-3H3,(H,24,25,26);1-2,5,8-9,12,19H,3-4,6-7,10H2,(H,20,21,22). The maximum absolute atomic E-state index is 13.8. The average molecular weight is 774 g/mol. The number of aromatic nitrogens is 4. The highest BCUT2D eigenvalue weighted by Crippen LogP contribution is 2.24. The first-order valence-electron chi connectivity index (χ1n) is 17.4. The number of nitrogens with zero attached hydrogens (tertiary/aromatic N) is 5. The summed E-state index contributed by atoms with van der Waals surface area (Å²) in [6.45, 7) is 8.95. The number of amides is 1. The molecule has 16 heteroatoms. The van der Waals surface area contributed by atoms with Crippen molar-refractivity contribution in [3.05, 3.63) is 94.3 Å². The highest BCUT2D eigenvalue weighted by molar-refractivity contribution is 6.30. The topological polar surface area (TPSA) is 136 Å². The lowest BCUT2D eigenvalue weighted by atomic mass is 10.1. The zero-order valence-corrected chi connectivity index (χ0v) is 31.4. The van der Waals surface area contributed by atoms with Gasteiger partial charge < -0.3 is 35.1 Å². The minimum Gasteiger partial charge on any atom is -0.483 e. The Morgan fingerprint density at radius 3 is 1.72 bits per heavy atom. The lowest BCUT2D eigenvalue weighted by Gasteiger charge is -2.33. The van der Waals surface area contributed by atoms with Crippen molar-refractivity contribution in [2.75, 3.05) is 36.8 Å². The van der Waals surface area contributed by atoms with E-state index in [0.29, 0.717) is 46.6 Å². The van der Waals surface area contributed by atoms with Crippen molar-refractivity contribution in [2.45, 2.75) is 77.4 Å². The molecular formula is C37H44Cl2F2N8O4. The summed E-state index contributed by atoms with van der Waals surface area (Å²) in [5.41, 5.74) is -0.499. The van der Waals surface area contributed by atoms with E-state index in [-0.39, 0.29) is 36.8 Å². The van der Waals surface area contributed by atoms with Gasteiger partial charge in [-0.15, -0.1) is 0 Å². The van der Waals surface area contributed by atoms with Crippen LogP contribution < -0.4 is 25.4 Å². The Labute approximate surface area is 318 Å². The number of hydrogen-bond donors (Lipinski definition) is 3. The smallest absolute Gasteiger partial charge is 0.410 e. The second-order valence-electron chi connectivity index (χ2n) is 13.5. The molecule has 0 aliphatic carbocycles. The van der Waals surface area contributed by atoms with Crippen molar-refractivity contribution in [1.29, 1.82) is 0 Å². The third-order valence-electron chi connectivity index (χ3n) is 8.10. The van der Waals surface area contributed by atoms with Crippen molar-refractivity contribution in [2.24, 2.45) is 0 Å². The van der Waals surface area contributed by atoms with Gasteiger partial charge >= 0.3 is 6.09 Å². The van der Waals surface area contributed by atoms with Gasteiger partial charge in [-0.1, -0.05) is 23.2 Å². The minimum absolute atomic E-state index is 0.0329. The van der Waals surface area contributed by atoms with Gasteiger partial charge in [-0.25, -0.2) is 33.5 Å². The van der Waals surface area contributed by atoms with Gasteiger partial charge in [0.1, 0.15) is 30.5 Å². The van der Waals surface area contributed by atoms with Crippen molar-refractivity contribution >= 4 is 40.9 Å². The summed E-state index contributed by atoms with van der Waals surface area (Å²) in [5.74, 6) is 1.55. The van der Waals surface area contributed by atoms with Crippen LogP contribution >= 0.6 is 23.2 Å². The number of piperidine rings is 2. The Morgan fingerprint density at radius 1 is 0.792 bits per heavy atom. The molecule has 6 rings (SSSR count). The van der Waals surface area contributed by atoms with Crippen LogP contribution in [-0.2, 0) is 18.0 Å². The zero-order valence-electron chi connectivity index (χ0n) is 29.9. The average Bonchev–Trinajstić information content (AvgIpc) is 3.12. The zero-order chi connectivity index (χ0) is 37.8. The van der Waals surface area contributed by atoms with Crippen LogP contribution in [0.5, 0.6) is 11.5 Å². The van der Waals surface area contributed by atoms with Gasteiger partial charge in [0, 0.05) is 47.6 Å². The van der Waals surface area contributed by atoms with Crippen molar-refractivity contribution in [1.82, 2.24) is 30.2 Å². The summed E-state index contributed by atoms with van der Waals surface area (Å²) in [6.07, 6.45) is 6.71. The molecule has 4 aromatic rings. The fourth-order valence-corrected chi connectivity index (χ4v) is 5.80. The number of nitrogens with one attached hydrogen (secondary N) is 3. The van der Waals surface area contributed by atoms with Crippen molar-refractivity contribution < 1.29 is 27.8 Å². The summed E-state index contributed by atoms with van der Waals surface area (Å²) in [6, 6.07) is 12.7. The Kier molecular flexibility index (Phi) is 14.2. The molecule has 0 atom stereocenters. The van der Waals surface area contributed by atoms with E-state index < -0.39 is 17.2 Å². The fraction of sp³-hybridized carbons (Fsp3) is 0.432. The second kappa shape index (κ2) is 19.0. The van der Waals surface area contributed by atoms with E-state index >= 15 is 0 Å². The first-order valence-corrected chi connectivity index (χ1v) is 18.2. The normalized spacial score (nSPS) is 15.2. The predicted molar refractivity (Wildman–Crippen MR) is 200 cm³/mol. The van der Waals surface area contributed by atoms with E-state index in [1.807, 2.05) is 26.8 Å². The third-order valence-corrected chi connectivity index (χ3v) is 8.57. The molecule has 0 bridgehead atoms. The molecule has 0 unspecified atom stereocenters. The van der Waals surface area contributed by atoms with E-state index in [1.165, 1.54) is 24.3 Å². The van der Waals surface area contributed by atoms with Crippen LogP contribution in [0, 0.1) is 11.6 Å². The van der Waals surface area contributed by atoms with Crippen LogP contribution in [0.2, 0.25) is 10.0 Å². The number of benzene rings is 2. The summed E-state index contributed by atoms with van der Waals surface area (Å²) in [5, 5.41) is 10.7. The van der Waals surface area contributed by atoms with E-state index in [9.17, 15) is 13.6 Å². The molecule has 2 aliphatic heterocycles. The molecule has 3 N–H and O–H groups in total. The molecular weight excluding hydrogens is 729 g/mol. The molecule has 2 aromatic carbocycles. The number of hydrogen-bond acceptors (Lipinski definition) is 11. The quantitative estimate of drug-likeness (QED) is 0.147. The van der Waals surface area contributed by atoms with Crippen LogP contribution in [0.15, 0.2) is 60.9 Å². The summed E-state index contributed by atoms with van der Waals surface area (Å²) >= 11 is 11.5. The molecule has 0 saturated carbocycles. The molecule has 2 aliphatic rings. The van der Waals surface area contributed by atoms with Crippen LogP contribution in [-0.4, -0.2) is 74.8 Å². The van der Waals surface area contributed by atoms with Gasteiger partial charge in [0.25, 0.3) is 0 Å². The van der Waals surface area contributed by atoms with Gasteiger partial charge in [-0.3, -0.25) is 0 Å². The Morgan fingerprint density at radius 2 is 1.26 bits per heavy atom. The Balaban J connectivity index is 0.000000211.